The van der Waals surface area contributed by atoms with Crippen LogP contribution < -0.4 is 5.11 Å². The highest BCUT2D eigenvalue weighted by Gasteiger charge is 2.49. The lowest BCUT2D eigenvalue weighted by molar-refractivity contribution is -0.271. The van der Waals surface area contributed by atoms with Crippen LogP contribution >= 0.6 is 0 Å². The smallest absolute Gasteiger partial charge is 0.273 e. The van der Waals surface area contributed by atoms with E-state index in [2.05, 4.69) is 6.92 Å². The number of carbonyl (C=O) groups is 1. The third-order valence-electron chi connectivity index (χ3n) is 7.97. The van der Waals surface area contributed by atoms with Crippen molar-refractivity contribution in [2.45, 2.75) is 76.8 Å². The van der Waals surface area contributed by atoms with E-state index in [1.54, 1.807) is 6.07 Å². The van der Waals surface area contributed by atoms with Gasteiger partial charge in [0.1, 0.15) is 6.09 Å². The van der Waals surface area contributed by atoms with Crippen molar-refractivity contribution in [1.82, 2.24) is 9.21 Å². The molecule has 3 aliphatic rings. The first-order chi connectivity index (χ1) is 15.4. The third kappa shape index (κ3) is 5.34. The van der Waals surface area contributed by atoms with Crippen LogP contribution in [0.3, 0.4) is 0 Å². The monoisotopic (exact) mass is 483 g/mol. The number of benzene rings is 1. The zero-order valence-electron chi connectivity index (χ0n) is 19.4. The predicted molar refractivity (Wildman–Crippen MR) is 119 cm³/mol. The van der Waals surface area contributed by atoms with Gasteiger partial charge in [0.2, 0.25) is 10.0 Å². The zero-order chi connectivity index (χ0) is 24.0. The van der Waals surface area contributed by atoms with Crippen molar-refractivity contribution in [3.8, 4) is 0 Å². The number of halogens is 2. The second-order valence-corrected chi connectivity index (χ2v) is 12.4. The van der Waals surface area contributed by atoms with Crippen LogP contribution in [0.15, 0.2) is 18.2 Å². The first kappa shape index (κ1) is 24.4. The molecule has 1 saturated carbocycles. The van der Waals surface area contributed by atoms with Crippen molar-refractivity contribution in [2.24, 2.45) is 11.3 Å². The Morgan fingerprint density at radius 2 is 1.97 bits per heavy atom. The molecule has 1 aromatic rings. The Morgan fingerprint density at radius 1 is 1.24 bits per heavy atom. The van der Waals surface area contributed by atoms with E-state index in [-0.39, 0.29) is 35.9 Å². The lowest BCUT2D eigenvalue weighted by atomic mass is 9.80. The van der Waals surface area contributed by atoms with Crippen LogP contribution in [-0.4, -0.2) is 49.1 Å². The van der Waals surface area contributed by atoms with Gasteiger partial charge in [-0.1, -0.05) is 25.5 Å². The molecule has 0 radical (unpaired) electrons. The van der Waals surface area contributed by atoms with E-state index in [1.165, 1.54) is 21.3 Å². The molecule has 6 nitrogen and oxygen atoms in total. The number of piperidine rings is 1. The van der Waals surface area contributed by atoms with Crippen LogP contribution in [-0.2, 0) is 28.9 Å². The van der Waals surface area contributed by atoms with Crippen molar-refractivity contribution in [3.63, 3.8) is 0 Å². The predicted octanol–water partition coefficient (Wildman–Crippen LogP) is 3.49. The fraction of sp³-hybridized carbons (Fsp3) is 0.708. The summed E-state index contributed by atoms with van der Waals surface area (Å²) in [6.07, 6.45) is 4.71. The van der Waals surface area contributed by atoms with Crippen molar-refractivity contribution >= 4 is 16.1 Å². The van der Waals surface area contributed by atoms with Gasteiger partial charge in [-0.05, 0) is 67.1 Å². The van der Waals surface area contributed by atoms with Gasteiger partial charge >= 0.3 is 0 Å². The van der Waals surface area contributed by atoms with Crippen LogP contribution in [0.4, 0.5) is 13.6 Å². The molecule has 0 N–H and O–H groups in total. The molecule has 0 aromatic heterocycles. The molecule has 4 rings (SSSR count). The van der Waals surface area contributed by atoms with Gasteiger partial charge in [0.25, 0.3) is 5.92 Å². The summed E-state index contributed by atoms with van der Waals surface area (Å²) in [5.41, 5.74) is 1.58. The van der Waals surface area contributed by atoms with E-state index < -0.39 is 22.0 Å². The molecule has 2 fully saturated rings. The maximum atomic E-state index is 15.0. The van der Waals surface area contributed by atoms with E-state index in [0.29, 0.717) is 38.8 Å². The molecule has 2 atom stereocenters. The lowest BCUT2D eigenvalue weighted by Crippen LogP contribution is -2.54. The molecule has 1 aromatic carbocycles. The minimum Gasteiger partial charge on any atom is -0.530 e. The minimum atomic E-state index is -3.30. The average Bonchev–Trinajstić information content (AvgIpc) is 3.50. The molecule has 2 aliphatic heterocycles. The van der Waals surface area contributed by atoms with E-state index in [9.17, 15) is 27.1 Å². The maximum Gasteiger partial charge on any atom is 0.273 e. The first-order valence-electron chi connectivity index (χ1n) is 11.8. The fourth-order valence-electron chi connectivity index (χ4n) is 5.50. The molecule has 1 aliphatic carbocycles. The summed E-state index contributed by atoms with van der Waals surface area (Å²) in [4.78, 5) is 13.0. The van der Waals surface area contributed by atoms with Gasteiger partial charge in [0.05, 0.1) is 6.26 Å². The van der Waals surface area contributed by atoms with Gasteiger partial charge in [0.15, 0.2) is 0 Å². The number of alkyl halides is 2. The van der Waals surface area contributed by atoms with E-state index in [4.69, 9.17) is 0 Å². The number of amides is 1. The number of nitrogens with zero attached hydrogens (tertiary/aromatic N) is 2. The van der Waals surface area contributed by atoms with Gasteiger partial charge in [-0.2, -0.15) is 4.31 Å². The highest BCUT2D eigenvalue weighted by atomic mass is 32.2. The minimum absolute atomic E-state index is 0.0100. The van der Waals surface area contributed by atoms with Crippen molar-refractivity contribution in [2.75, 3.05) is 19.3 Å². The van der Waals surface area contributed by atoms with Gasteiger partial charge in [-0.25, -0.2) is 17.2 Å². The first-order valence-corrected chi connectivity index (χ1v) is 13.7. The highest BCUT2D eigenvalue weighted by molar-refractivity contribution is 7.88. The fourth-order valence-corrected chi connectivity index (χ4v) is 6.30. The van der Waals surface area contributed by atoms with Crippen molar-refractivity contribution < 1.29 is 27.1 Å². The Kier molecular flexibility index (Phi) is 6.50. The number of hydrogen-bond donors (Lipinski definition) is 0. The standard InChI is InChI=1S/C24H34F2N2O4S/c1-23(10-11-23)21-14-17(7-13-28(21)22(29)30)4-3-9-24(25,26)20-6-5-19-16-27(33(2,31)32)12-8-18(19)15-20/h5-6,15,17,21H,3-4,7-14,16H2,1-2H3,(H,29,30)/p-1. The Morgan fingerprint density at radius 3 is 2.61 bits per heavy atom. The molecule has 2 heterocycles. The van der Waals surface area contributed by atoms with Gasteiger partial charge in [-0.15, -0.1) is 0 Å². The molecule has 1 saturated heterocycles. The van der Waals surface area contributed by atoms with Crippen LogP contribution in [0.5, 0.6) is 0 Å². The normalized spacial score (nSPS) is 25.5. The molecule has 1 amide bonds. The van der Waals surface area contributed by atoms with Gasteiger partial charge in [-0.3, -0.25) is 0 Å². The molecular formula is C24H33F2N2O4S-. The Hall–Kier alpha value is -1.74. The van der Waals surface area contributed by atoms with Crippen LogP contribution in [0.25, 0.3) is 0 Å². The maximum absolute atomic E-state index is 15.0. The van der Waals surface area contributed by atoms with Crippen LogP contribution in [0.1, 0.15) is 68.6 Å². The second kappa shape index (κ2) is 8.80. The van der Waals surface area contributed by atoms with Gasteiger partial charge in [0, 0.05) is 37.7 Å². The summed E-state index contributed by atoms with van der Waals surface area (Å²) in [5, 5.41) is 11.5. The lowest BCUT2D eigenvalue weighted by Gasteiger charge is -2.44. The molecular weight excluding hydrogens is 450 g/mol. The molecule has 33 heavy (non-hydrogen) atoms. The summed E-state index contributed by atoms with van der Waals surface area (Å²) in [6.45, 7) is 3.07. The molecule has 0 bridgehead atoms. The molecule has 2 unspecified atom stereocenters. The number of carboxylic acid groups (broad SMARTS) is 1. The Bertz CT molecular complexity index is 1010. The van der Waals surface area contributed by atoms with E-state index in [0.717, 1.165) is 36.6 Å². The Balaban J connectivity index is 1.34. The summed E-state index contributed by atoms with van der Waals surface area (Å²) in [6, 6.07) is 4.53. The van der Waals surface area contributed by atoms with E-state index in [1.807, 2.05) is 0 Å². The quantitative estimate of drug-likeness (QED) is 0.595. The topological polar surface area (TPSA) is 80.8 Å². The largest absolute Gasteiger partial charge is 0.530 e. The summed E-state index contributed by atoms with van der Waals surface area (Å²) in [7, 11) is -3.30. The van der Waals surface area contributed by atoms with Crippen molar-refractivity contribution in [1.29, 1.82) is 0 Å². The second-order valence-electron chi connectivity index (χ2n) is 10.4. The third-order valence-corrected chi connectivity index (χ3v) is 9.22. The molecule has 0 spiro atoms. The number of sulfonamides is 1. The van der Waals surface area contributed by atoms with Crippen molar-refractivity contribution in [3.05, 3.63) is 34.9 Å². The van der Waals surface area contributed by atoms with Crippen LogP contribution in [0, 0.1) is 11.3 Å². The number of likely N-dealkylation sites (tertiary alicyclic amines) is 1. The molecule has 9 heteroatoms. The number of carbonyl (C=O) groups excluding carboxylic acids is 1. The summed E-state index contributed by atoms with van der Waals surface area (Å²) >= 11 is 0. The van der Waals surface area contributed by atoms with Gasteiger partial charge < -0.3 is 14.8 Å². The molecule has 184 valence electrons. The zero-order valence-corrected chi connectivity index (χ0v) is 20.2. The summed E-state index contributed by atoms with van der Waals surface area (Å²) < 4.78 is 54.9. The average molecular weight is 484 g/mol. The number of hydrogen-bond acceptors (Lipinski definition) is 4. The van der Waals surface area contributed by atoms with Crippen LogP contribution in [0.2, 0.25) is 0 Å². The highest BCUT2D eigenvalue weighted by Crippen LogP contribution is 2.53. The number of fused-ring (bicyclic) bond motifs is 1. The SMILES string of the molecule is CC1(C2CC(CCCC(F)(F)c3ccc4c(c3)CCN(S(C)(=O)=O)C4)CCN2C(=O)[O-])CC1. The summed E-state index contributed by atoms with van der Waals surface area (Å²) in [5.74, 6) is -2.69. The number of rotatable bonds is 7. The Labute approximate surface area is 195 Å². The van der Waals surface area contributed by atoms with E-state index >= 15 is 0 Å².